The zero-order chi connectivity index (χ0) is 14.5. The summed E-state index contributed by atoms with van der Waals surface area (Å²) >= 11 is 1.77. The first-order valence-corrected chi connectivity index (χ1v) is 7.35. The number of methoxy groups -OCH3 is 2. The van der Waals surface area contributed by atoms with Gasteiger partial charge in [-0.05, 0) is 23.4 Å². The standard InChI is InChI=1S/C14H18N2O3S/c1-9(2)20-8-13-15-16-14(19-13)10-5-6-11(17-3)12(7-10)18-4/h5-7,9H,8H2,1-4H3. The van der Waals surface area contributed by atoms with Crippen LogP contribution in [0, 0.1) is 0 Å². The van der Waals surface area contributed by atoms with Crippen LogP contribution in [0.1, 0.15) is 19.7 Å². The number of ether oxygens (including phenoxy) is 2. The number of rotatable bonds is 6. The van der Waals surface area contributed by atoms with Crippen molar-refractivity contribution in [3.63, 3.8) is 0 Å². The van der Waals surface area contributed by atoms with E-state index in [1.165, 1.54) is 0 Å². The van der Waals surface area contributed by atoms with E-state index in [-0.39, 0.29) is 0 Å². The summed E-state index contributed by atoms with van der Waals surface area (Å²) in [6, 6.07) is 5.51. The summed E-state index contributed by atoms with van der Waals surface area (Å²) in [7, 11) is 3.20. The maximum Gasteiger partial charge on any atom is 0.247 e. The van der Waals surface area contributed by atoms with Gasteiger partial charge in [0.25, 0.3) is 0 Å². The van der Waals surface area contributed by atoms with Crippen molar-refractivity contribution in [1.82, 2.24) is 10.2 Å². The number of thioether (sulfide) groups is 1. The van der Waals surface area contributed by atoms with Gasteiger partial charge >= 0.3 is 0 Å². The van der Waals surface area contributed by atoms with Gasteiger partial charge in [-0.2, -0.15) is 0 Å². The van der Waals surface area contributed by atoms with Crippen molar-refractivity contribution in [3.8, 4) is 23.0 Å². The molecular weight excluding hydrogens is 276 g/mol. The van der Waals surface area contributed by atoms with E-state index >= 15 is 0 Å². The molecule has 0 spiro atoms. The Morgan fingerprint density at radius 3 is 2.55 bits per heavy atom. The second-order valence-electron chi connectivity index (χ2n) is 4.43. The topological polar surface area (TPSA) is 57.4 Å². The van der Waals surface area contributed by atoms with E-state index in [4.69, 9.17) is 13.9 Å². The van der Waals surface area contributed by atoms with Gasteiger partial charge in [0.05, 0.1) is 20.0 Å². The maximum absolute atomic E-state index is 5.65. The van der Waals surface area contributed by atoms with E-state index in [1.807, 2.05) is 18.2 Å². The minimum Gasteiger partial charge on any atom is -0.493 e. The summed E-state index contributed by atoms with van der Waals surface area (Å²) in [6.07, 6.45) is 0. The summed E-state index contributed by atoms with van der Waals surface area (Å²) in [4.78, 5) is 0. The summed E-state index contributed by atoms with van der Waals surface area (Å²) in [5.41, 5.74) is 0.816. The Kier molecular flexibility index (Phi) is 4.89. The lowest BCUT2D eigenvalue weighted by Gasteiger charge is -2.07. The van der Waals surface area contributed by atoms with Gasteiger partial charge in [0, 0.05) is 5.56 Å². The zero-order valence-corrected chi connectivity index (χ0v) is 12.9. The van der Waals surface area contributed by atoms with Crippen LogP contribution in [0.15, 0.2) is 22.6 Å². The van der Waals surface area contributed by atoms with Crippen LogP contribution in [0.25, 0.3) is 11.5 Å². The summed E-state index contributed by atoms with van der Waals surface area (Å²) in [5, 5.41) is 8.66. The molecule has 0 aliphatic rings. The molecule has 0 aliphatic carbocycles. The lowest BCUT2D eigenvalue weighted by atomic mass is 10.2. The fourth-order valence-electron chi connectivity index (χ4n) is 1.64. The van der Waals surface area contributed by atoms with Crippen molar-refractivity contribution in [2.24, 2.45) is 0 Å². The molecule has 0 atom stereocenters. The second-order valence-corrected chi connectivity index (χ2v) is 6.00. The minimum absolute atomic E-state index is 0.491. The Morgan fingerprint density at radius 1 is 1.15 bits per heavy atom. The van der Waals surface area contributed by atoms with Crippen LogP contribution >= 0.6 is 11.8 Å². The number of nitrogens with zero attached hydrogens (tertiary/aromatic N) is 2. The molecule has 1 aromatic heterocycles. The van der Waals surface area contributed by atoms with Crippen LogP contribution in [-0.2, 0) is 5.75 Å². The predicted molar refractivity (Wildman–Crippen MR) is 79.3 cm³/mol. The van der Waals surface area contributed by atoms with Crippen LogP contribution in [-0.4, -0.2) is 29.7 Å². The fourth-order valence-corrected chi connectivity index (χ4v) is 2.23. The molecule has 108 valence electrons. The molecule has 0 unspecified atom stereocenters. The Morgan fingerprint density at radius 2 is 1.90 bits per heavy atom. The van der Waals surface area contributed by atoms with Gasteiger partial charge in [-0.1, -0.05) is 13.8 Å². The monoisotopic (exact) mass is 294 g/mol. The third-order valence-corrected chi connectivity index (χ3v) is 3.72. The molecule has 1 aromatic carbocycles. The molecule has 0 N–H and O–H groups in total. The van der Waals surface area contributed by atoms with Crippen LogP contribution in [0.3, 0.4) is 0 Å². The molecule has 0 aliphatic heterocycles. The average Bonchev–Trinajstić information content (AvgIpc) is 2.93. The molecule has 0 radical (unpaired) electrons. The first-order valence-electron chi connectivity index (χ1n) is 6.30. The Balaban J connectivity index is 2.19. The summed E-state index contributed by atoms with van der Waals surface area (Å²) in [5.74, 6) is 3.16. The highest BCUT2D eigenvalue weighted by atomic mass is 32.2. The Labute approximate surface area is 122 Å². The van der Waals surface area contributed by atoms with E-state index < -0.39 is 0 Å². The molecule has 0 fully saturated rings. The van der Waals surface area contributed by atoms with E-state index in [1.54, 1.807) is 26.0 Å². The van der Waals surface area contributed by atoms with Crippen molar-refractivity contribution >= 4 is 11.8 Å². The highest BCUT2D eigenvalue weighted by Crippen LogP contribution is 2.32. The molecule has 20 heavy (non-hydrogen) atoms. The first kappa shape index (κ1) is 14.7. The second kappa shape index (κ2) is 6.65. The van der Waals surface area contributed by atoms with Gasteiger partial charge in [-0.3, -0.25) is 0 Å². The van der Waals surface area contributed by atoms with E-state index in [0.29, 0.717) is 28.5 Å². The van der Waals surface area contributed by atoms with E-state index in [2.05, 4.69) is 24.0 Å². The third kappa shape index (κ3) is 3.45. The van der Waals surface area contributed by atoms with Gasteiger partial charge < -0.3 is 13.9 Å². The number of benzene rings is 1. The van der Waals surface area contributed by atoms with Gasteiger partial charge in [0.1, 0.15) is 0 Å². The van der Waals surface area contributed by atoms with Crippen LogP contribution < -0.4 is 9.47 Å². The number of aromatic nitrogens is 2. The maximum atomic E-state index is 5.65. The van der Waals surface area contributed by atoms with Crippen LogP contribution in [0.2, 0.25) is 0 Å². The molecule has 1 heterocycles. The summed E-state index contributed by atoms with van der Waals surface area (Å²) < 4.78 is 16.1. The summed E-state index contributed by atoms with van der Waals surface area (Å²) in [6.45, 7) is 4.27. The highest BCUT2D eigenvalue weighted by molar-refractivity contribution is 7.99. The van der Waals surface area contributed by atoms with Gasteiger partial charge in [0.15, 0.2) is 11.5 Å². The molecule has 5 nitrogen and oxygen atoms in total. The van der Waals surface area contributed by atoms with Gasteiger partial charge in [-0.15, -0.1) is 22.0 Å². The van der Waals surface area contributed by atoms with Crippen molar-refractivity contribution in [2.75, 3.05) is 14.2 Å². The molecule has 6 heteroatoms. The van der Waals surface area contributed by atoms with Crippen molar-refractivity contribution < 1.29 is 13.9 Å². The predicted octanol–water partition coefficient (Wildman–Crippen LogP) is 3.40. The molecular formula is C14H18N2O3S. The largest absolute Gasteiger partial charge is 0.493 e. The van der Waals surface area contributed by atoms with E-state index in [9.17, 15) is 0 Å². The number of hydrogen-bond donors (Lipinski definition) is 0. The quantitative estimate of drug-likeness (QED) is 0.814. The molecule has 0 saturated carbocycles. The van der Waals surface area contributed by atoms with Crippen molar-refractivity contribution in [2.45, 2.75) is 24.9 Å². The molecule has 2 aromatic rings. The van der Waals surface area contributed by atoms with Crippen LogP contribution in [0.5, 0.6) is 11.5 Å². The molecule has 0 saturated heterocycles. The zero-order valence-electron chi connectivity index (χ0n) is 12.0. The average molecular weight is 294 g/mol. The fraction of sp³-hybridized carbons (Fsp3) is 0.429. The molecule has 2 rings (SSSR count). The number of hydrogen-bond acceptors (Lipinski definition) is 6. The Bertz CT molecular complexity index is 569. The Hall–Kier alpha value is -1.69. The minimum atomic E-state index is 0.491. The molecule has 0 amide bonds. The van der Waals surface area contributed by atoms with Gasteiger partial charge in [-0.25, -0.2) is 0 Å². The highest BCUT2D eigenvalue weighted by Gasteiger charge is 2.12. The van der Waals surface area contributed by atoms with Crippen molar-refractivity contribution in [1.29, 1.82) is 0 Å². The first-order chi connectivity index (χ1) is 9.63. The van der Waals surface area contributed by atoms with Gasteiger partial charge in [0.2, 0.25) is 11.8 Å². The smallest absolute Gasteiger partial charge is 0.247 e. The van der Waals surface area contributed by atoms with Crippen molar-refractivity contribution in [3.05, 3.63) is 24.1 Å². The normalized spacial score (nSPS) is 10.8. The SMILES string of the molecule is COc1ccc(-c2nnc(CSC(C)C)o2)cc1OC. The molecule has 0 bridgehead atoms. The third-order valence-electron chi connectivity index (χ3n) is 2.64. The lowest BCUT2D eigenvalue weighted by molar-refractivity contribution is 0.355. The van der Waals surface area contributed by atoms with E-state index in [0.717, 1.165) is 11.3 Å². The lowest BCUT2D eigenvalue weighted by Crippen LogP contribution is -1.90. The van der Waals surface area contributed by atoms with Crippen LogP contribution in [0.4, 0.5) is 0 Å².